The van der Waals surface area contributed by atoms with Crippen LogP contribution >= 0.6 is 0 Å². The van der Waals surface area contributed by atoms with Crippen LogP contribution in [0, 0.1) is 5.92 Å². The monoisotopic (exact) mass is 236 g/mol. The van der Waals surface area contributed by atoms with Gasteiger partial charge in [-0.25, -0.2) is 4.79 Å². The highest BCUT2D eigenvalue weighted by Crippen LogP contribution is 2.12. The third-order valence-electron chi connectivity index (χ3n) is 2.44. The van der Waals surface area contributed by atoms with Crippen molar-refractivity contribution in [2.24, 2.45) is 5.92 Å². The molecule has 17 heavy (non-hydrogen) atoms. The molecule has 0 radical (unpaired) electrons. The summed E-state index contributed by atoms with van der Waals surface area (Å²) in [5.41, 5.74) is 1.06. The fraction of sp³-hybridized carbons (Fsp3) is 0.500. The predicted molar refractivity (Wildman–Crippen MR) is 66.5 cm³/mol. The highest BCUT2D eigenvalue weighted by Gasteiger charge is 2.21. The fourth-order valence-corrected chi connectivity index (χ4v) is 1.56. The molecule has 0 amide bonds. The topological polar surface area (TPSA) is 35.5 Å². The minimum Gasteiger partial charge on any atom is -0.467 e. The first-order valence-corrected chi connectivity index (χ1v) is 5.86. The summed E-state index contributed by atoms with van der Waals surface area (Å²) in [6.07, 6.45) is 0.208. The van der Waals surface area contributed by atoms with Gasteiger partial charge in [-0.05, 0) is 17.9 Å². The van der Waals surface area contributed by atoms with Crippen molar-refractivity contribution in [3.05, 3.63) is 35.9 Å². The van der Waals surface area contributed by atoms with Crippen LogP contribution in [0.5, 0.6) is 0 Å². The van der Waals surface area contributed by atoms with E-state index in [2.05, 4.69) is 13.8 Å². The Bertz CT molecular complexity index is 333. The molecule has 94 valence electrons. The van der Waals surface area contributed by atoms with Gasteiger partial charge in [0.15, 0.2) is 6.10 Å². The van der Waals surface area contributed by atoms with Crippen LogP contribution < -0.4 is 0 Å². The first-order valence-electron chi connectivity index (χ1n) is 5.86. The number of carbonyl (C=O) groups is 1. The molecule has 1 rings (SSSR count). The predicted octanol–water partition coefficient (Wildman–Crippen LogP) is 2.79. The van der Waals surface area contributed by atoms with Crippen LogP contribution in [0.2, 0.25) is 0 Å². The number of hydrogen-bond acceptors (Lipinski definition) is 3. The Kier molecular flexibility index (Phi) is 5.70. The molecule has 0 aromatic heterocycles. The summed E-state index contributed by atoms with van der Waals surface area (Å²) in [5.74, 6) is 0.101. The third-order valence-corrected chi connectivity index (χ3v) is 2.44. The van der Waals surface area contributed by atoms with Gasteiger partial charge >= 0.3 is 5.97 Å². The summed E-state index contributed by atoms with van der Waals surface area (Å²) >= 11 is 0. The van der Waals surface area contributed by atoms with Crippen LogP contribution in [0.3, 0.4) is 0 Å². The average molecular weight is 236 g/mol. The number of carbonyl (C=O) groups excluding carboxylic acids is 1. The molecule has 0 N–H and O–H groups in total. The first-order chi connectivity index (χ1) is 8.13. The standard InChI is InChI=1S/C14H20O3/c1-11(2)9-13(14(15)16-3)17-10-12-7-5-4-6-8-12/h4-8,11,13H,9-10H2,1-3H3/t13-/m0/s1. The maximum atomic E-state index is 11.5. The molecule has 1 atom stereocenters. The number of esters is 1. The van der Waals surface area contributed by atoms with Crippen LogP contribution in [0.4, 0.5) is 0 Å². The number of benzene rings is 1. The van der Waals surface area contributed by atoms with E-state index in [0.717, 1.165) is 5.56 Å². The van der Waals surface area contributed by atoms with Crippen molar-refractivity contribution in [2.75, 3.05) is 7.11 Å². The van der Waals surface area contributed by atoms with Gasteiger partial charge in [0, 0.05) is 0 Å². The number of ether oxygens (including phenoxy) is 2. The summed E-state index contributed by atoms with van der Waals surface area (Å²) in [6.45, 7) is 4.55. The minimum atomic E-state index is -0.472. The van der Waals surface area contributed by atoms with Crippen molar-refractivity contribution in [1.82, 2.24) is 0 Å². The lowest BCUT2D eigenvalue weighted by Crippen LogP contribution is -2.27. The molecular weight excluding hydrogens is 216 g/mol. The van der Waals surface area contributed by atoms with Gasteiger partial charge in [0.2, 0.25) is 0 Å². The molecule has 0 spiro atoms. The van der Waals surface area contributed by atoms with Crippen LogP contribution in [0.15, 0.2) is 30.3 Å². The van der Waals surface area contributed by atoms with E-state index in [9.17, 15) is 4.79 Å². The molecule has 0 unspecified atom stereocenters. The second-order valence-electron chi connectivity index (χ2n) is 4.44. The van der Waals surface area contributed by atoms with Gasteiger partial charge in [0.1, 0.15) is 0 Å². The molecule has 0 saturated heterocycles. The van der Waals surface area contributed by atoms with E-state index >= 15 is 0 Å². The molecule has 0 fully saturated rings. The molecule has 0 aliphatic heterocycles. The van der Waals surface area contributed by atoms with Crippen LogP contribution in [-0.4, -0.2) is 19.2 Å². The van der Waals surface area contributed by atoms with Crippen molar-refractivity contribution < 1.29 is 14.3 Å². The van der Waals surface area contributed by atoms with E-state index in [-0.39, 0.29) is 5.97 Å². The lowest BCUT2D eigenvalue weighted by atomic mass is 10.1. The summed E-state index contributed by atoms with van der Waals surface area (Å²) in [6, 6.07) is 9.81. The van der Waals surface area contributed by atoms with Crippen molar-refractivity contribution in [3.63, 3.8) is 0 Å². The Labute approximate surface area is 103 Å². The van der Waals surface area contributed by atoms with E-state index in [4.69, 9.17) is 9.47 Å². The Balaban J connectivity index is 2.52. The number of methoxy groups -OCH3 is 1. The van der Waals surface area contributed by atoms with E-state index in [1.807, 2.05) is 30.3 Å². The quantitative estimate of drug-likeness (QED) is 0.712. The zero-order chi connectivity index (χ0) is 12.7. The molecule has 0 heterocycles. The number of rotatable bonds is 6. The Morgan fingerprint density at radius 3 is 2.41 bits per heavy atom. The molecule has 0 aliphatic rings. The van der Waals surface area contributed by atoms with Gasteiger partial charge in [0.05, 0.1) is 13.7 Å². The van der Waals surface area contributed by atoms with Gasteiger partial charge in [-0.3, -0.25) is 0 Å². The largest absolute Gasteiger partial charge is 0.467 e. The van der Waals surface area contributed by atoms with Gasteiger partial charge in [-0.1, -0.05) is 44.2 Å². The zero-order valence-corrected chi connectivity index (χ0v) is 10.7. The Morgan fingerprint density at radius 1 is 1.24 bits per heavy atom. The molecule has 0 aliphatic carbocycles. The van der Waals surface area contributed by atoms with Gasteiger partial charge in [-0.15, -0.1) is 0 Å². The zero-order valence-electron chi connectivity index (χ0n) is 10.7. The smallest absolute Gasteiger partial charge is 0.334 e. The van der Waals surface area contributed by atoms with Crippen molar-refractivity contribution in [2.45, 2.75) is 33.0 Å². The third kappa shape index (κ3) is 5.00. The highest BCUT2D eigenvalue weighted by atomic mass is 16.6. The van der Waals surface area contributed by atoms with E-state index in [0.29, 0.717) is 18.9 Å². The van der Waals surface area contributed by atoms with E-state index in [1.165, 1.54) is 7.11 Å². The van der Waals surface area contributed by atoms with E-state index in [1.54, 1.807) is 0 Å². The minimum absolute atomic E-state index is 0.297. The highest BCUT2D eigenvalue weighted by molar-refractivity contribution is 5.74. The van der Waals surface area contributed by atoms with Crippen LogP contribution in [0.1, 0.15) is 25.8 Å². The Hall–Kier alpha value is -1.35. The lowest BCUT2D eigenvalue weighted by Gasteiger charge is -2.17. The lowest BCUT2D eigenvalue weighted by molar-refractivity contribution is -0.156. The van der Waals surface area contributed by atoms with Crippen molar-refractivity contribution in [3.8, 4) is 0 Å². The fourth-order valence-electron chi connectivity index (χ4n) is 1.56. The molecule has 1 aromatic carbocycles. The molecule has 0 saturated carbocycles. The second kappa shape index (κ2) is 7.07. The molecular formula is C14H20O3. The maximum absolute atomic E-state index is 11.5. The van der Waals surface area contributed by atoms with Gasteiger partial charge in [0.25, 0.3) is 0 Å². The SMILES string of the molecule is COC(=O)[C@H](CC(C)C)OCc1ccccc1. The number of hydrogen-bond donors (Lipinski definition) is 0. The molecule has 1 aromatic rings. The molecule has 0 bridgehead atoms. The summed E-state index contributed by atoms with van der Waals surface area (Å²) in [4.78, 5) is 11.5. The Morgan fingerprint density at radius 2 is 1.88 bits per heavy atom. The summed E-state index contributed by atoms with van der Waals surface area (Å²) < 4.78 is 10.4. The molecule has 3 heteroatoms. The second-order valence-corrected chi connectivity index (χ2v) is 4.44. The van der Waals surface area contributed by atoms with Crippen molar-refractivity contribution >= 4 is 5.97 Å². The van der Waals surface area contributed by atoms with Gasteiger partial charge < -0.3 is 9.47 Å². The maximum Gasteiger partial charge on any atom is 0.334 e. The van der Waals surface area contributed by atoms with Gasteiger partial charge in [-0.2, -0.15) is 0 Å². The van der Waals surface area contributed by atoms with Crippen molar-refractivity contribution in [1.29, 1.82) is 0 Å². The average Bonchev–Trinajstić information content (AvgIpc) is 2.34. The normalized spacial score (nSPS) is 12.5. The summed E-state index contributed by atoms with van der Waals surface area (Å²) in [7, 11) is 1.39. The van der Waals surface area contributed by atoms with Crippen LogP contribution in [0.25, 0.3) is 0 Å². The van der Waals surface area contributed by atoms with E-state index < -0.39 is 6.10 Å². The summed E-state index contributed by atoms with van der Waals surface area (Å²) in [5, 5.41) is 0. The molecule has 3 nitrogen and oxygen atoms in total. The van der Waals surface area contributed by atoms with Crippen LogP contribution in [-0.2, 0) is 20.9 Å². The first kappa shape index (κ1) is 13.7.